The summed E-state index contributed by atoms with van der Waals surface area (Å²) in [5.41, 5.74) is 8.17. The number of hydrogen-bond donors (Lipinski definition) is 2. The first kappa shape index (κ1) is 16.4. The molecule has 0 aliphatic carbocycles. The molecule has 0 aromatic heterocycles. The molecule has 3 atom stereocenters. The maximum atomic E-state index is 12.9. The summed E-state index contributed by atoms with van der Waals surface area (Å²) in [6, 6.07) is 8.69. The lowest BCUT2D eigenvalue weighted by Gasteiger charge is -2.38. The van der Waals surface area contributed by atoms with Gasteiger partial charge in [-0.05, 0) is 30.4 Å². The molecule has 126 valence electrons. The number of carbonyl (C=O) groups excluding carboxylic acids is 1. The fourth-order valence-corrected chi connectivity index (χ4v) is 3.49. The third-order valence-electron chi connectivity index (χ3n) is 4.95. The smallest absolute Gasteiger partial charge is 0.252 e. The van der Waals surface area contributed by atoms with Crippen molar-refractivity contribution in [1.82, 2.24) is 10.2 Å². The quantitative estimate of drug-likeness (QED) is 0.876. The van der Waals surface area contributed by atoms with Crippen LogP contribution in [0.5, 0.6) is 0 Å². The number of nitrogens with two attached hydrogens (primary N) is 1. The fraction of sp³-hybridized carbons (Fsp3) is 0.611. The molecule has 3 N–H and O–H groups in total. The van der Waals surface area contributed by atoms with Gasteiger partial charge in [0.05, 0.1) is 12.1 Å². The lowest BCUT2D eigenvalue weighted by Crippen LogP contribution is -2.51. The molecule has 5 heteroatoms. The van der Waals surface area contributed by atoms with Gasteiger partial charge in [-0.1, -0.05) is 31.2 Å². The van der Waals surface area contributed by atoms with E-state index in [-0.39, 0.29) is 24.2 Å². The third kappa shape index (κ3) is 3.57. The summed E-state index contributed by atoms with van der Waals surface area (Å²) in [5.74, 6) is 0.118. The molecule has 1 aromatic carbocycles. The number of benzene rings is 1. The second kappa shape index (κ2) is 7.43. The summed E-state index contributed by atoms with van der Waals surface area (Å²) in [7, 11) is 0. The molecule has 0 radical (unpaired) electrons. The Balaban J connectivity index is 1.74. The van der Waals surface area contributed by atoms with Gasteiger partial charge in [-0.3, -0.25) is 4.79 Å². The van der Waals surface area contributed by atoms with Crippen molar-refractivity contribution in [2.45, 2.75) is 44.4 Å². The first-order valence-corrected chi connectivity index (χ1v) is 8.68. The molecule has 2 aliphatic rings. The average molecular weight is 317 g/mol. The van der Waals surface area contributed by atoms with Gasteiger partial charge in [-0.15, -0.1) is 0 Å². The molecule has 0 bridgehead atoms. The van der Waals surface area contributed by atoms with Gasteiger partial charge in [-0.2, -0.15) is 0 Å². The Morgan fingerprint density at radius 1 is 1.35 bits per heavy atom. The molecule has 2 saturated heterocycles. The molecule has 2 heterocycles. The van der Waals surface area contributed by atoms with Crippen LogP contribution in [0.1, 0.15) is 36.9 Å². The predicted molar refractivity (Wildman–Crippen MR) is 90.1 cm³/mol. The summed E-state index contributed by atoms with van der Waals surface area (Å²) >= 11 is 0. The second-order valence-corrected chi connectivity index (χ2v) is 6.41. The van der Waals surface area contributed by atoms with Crippen molar-refractivity contribution in [1.29, 1.82) is 0 Å². The van der Waals surface area contributed by atoms with E-state index in [1.807, 2.05) is 4.90 Å². The lowest BCUT2D eigenvalue weighted by molar-refractivity contribution is -0.146. The van der Waals surface area contributed by atoms with Gasteiger partial charge in [0.25, 0.3) is 5.91 Å². The predicted octanol–water partition coefficient (Wildman–Crippen LogP) is 1.23. The van der Waals surface area contributed by atoms with Crippen molar-refractivity contribution in [3.8, 4) is 0 Å². The molecule has 1 unspecified atom stereocenters. The highest BCUT2D eigenvalue weighted by Gasteiger charge is 2.36. The monoisotopic (exact) mass is 317 g/mol. The van der Waals surface area contributed by atoms with Gasteiger partial charge in [0, 0.05) is 26.2 Å². The maximum Gasteiger partial charge on any atom is 0.252 e. The number of nitrogens with one attached hydrogen (secondary N) is 1. The van der Waals surface area contributed by atoms with Crippen LogP contribution < -0.4 is 11.1 Å². The number of ether oxygens (including phenoxy) is 1. The largest absolute Gasteiger partial charge is 0.364 e. The van der Waals surface area contributed by atoms with Crippen molar-refractivity contribution >= 4 is 5.91 Å². The van der Waals surface area contributed by atoms with Gasteiger partial charge in [-0.25, -0.2) is 0 Å². The van der Waals surface area contributed by atoms with Crippen LogP contribution in [-0.2, 0) is 16.0 Å². The molecule has 0 spiro atoms. The van der Waals surface area contributed by atoms with E-state index in [0.717, 1.165) is 38.9 Å². The number of amides is 1. The highest BCUT2D eigenvalue weighted by molar-refractivity contribution is 5.82. The molecule has 2 aliphatic heterocycles. The Morgan fingerprint density at radius 3 is 2.78 bits per heavy atom. The fourth-order valence-electron chi connectivity index (χ4n) is 3.49. The van der Waals surface area contributed by atoms with E-state index in [0.29, 0.717) is 6.54 Å². The number of nitrogens with zero attached hydrogens (tertiary/aromatic N) is 1. The van der Waals surface area contributed by atoms with Crippen LogP contribution in [0.3, 0.4) is 0 Å². The molecular formula is C18H27N3O2. The SMILES string of the molecule is CCc1ccc(C2CNCCN2C(=O)[C@@H]2CC[C@H](CN)O2)cc1. The second-order valence-electron chi connectivity index (χ2n) is 6.41. The van der Waals surface area contributed by atoms with E-state index in [1.54, 1.807) is 0 Å². The highest BCUT2D eigenvalue weighted by atomic mass is 16.5. The van der Waals surface area contributed by atoms with Gasteiger partial charge in [0.2, 0.25) is 0 Å². The Labute approximate surface area is 138 Å². The van der Waals surface area contributed by atoms with Crippen molar-refractivity contribution in [2.24, 2.45) is 5.73 Å². The molecule has 0 saturated carbocycles. The minimum absolute atomic E-state index is 0.0363. The van der Waals surface area contributed by atoms with Crippen molar-refractivity contribution in [3.05, 3.63) is 35.4 Å². The number of carbonyl (C=O) groups is 1. The highest BCUT2D eigenvalue weighted by Crippen LogP contribution is 2.27. The Hall–Kier alpha value is -1.43. The standard InChI is InChI=1S/C18H27N3O2/c1-2-13-3-5-14(6-4-13)16-12-20-9-10-21(16)18(22)17-8-7-15(11-19)23-17/h3-6,15-17,20H,2,7-12,19H2,1H3/t15-,16?,17+/m1/s1. The van der Waals surface area contributed by atoms with Crippen LogP contribution in [0, 0.1) is 0 Å². The van der Waals surface area contributed by atoms with Crippen molar-refractivity contribution < 1.29 is 9.53 Å². The van der Waals surface area contributed by atoms with Crippen LogP contribution in [0.25, 0.3) is 0 Å². The van der Waals surface area contributed by atoms with Crippen LogP contribution in [0.4, 0.5) is 0 Å². The van der Waals surface area contributed by atoms with Crippen LogP contribution >= 0.6 is 0 Å². The van der Waals surface area contributed by atoms with Crippen molar-refractivity contribution in [2.75, 3.05) is 26.2 Å². The molecule has 1 amide bonds. The van der Waals surface area contributed by atoms with E-state index in [2.05, 4.69) is 36.5 Å². The third-order valence-corrected chi connectivity index (χ3v) is 4.95. The summed E-state index contributed by atoms with van der Waals surface area (Å²) in [6.45, 7) is 5.00. The number of hydrogen-bond acceptors (Lipinski definition) is 4. The minimum Gasteiger partial charge on any atom is -0.364 e. The zero-order chi connectivity index (χ0) is 16.2. The zero-order valence-electron chi connectivity index (χ0n) is 13.8. The first-order valence-electron chi connectivity index (χ1n) is 8.68. The number of aryl methyl sites for hydroxylation is 1. The summed E-state index contributed by atoms with van der Waals surface area (Å²) < 4.78 is 5.81. The van der Waals surface area contributed by atoms with Crippen molar-refractivity contribution in [3.63, 3.8) is 0 Å². The molecular weight excluding hydrogens is 290 g/mol. The molecule has 23 heavy (non-hydrogen) atoms. The summed E-state index contributed by atoms with van der Waals surface area (Å²) in [5, 5.41) is 3.40. The van der Waals surface area contributed by atoms with Gasteiger partial charge < -0.3 is 20.7 Å². The molecule has 1 aromatic rings. The maximum absolute atomic E-state index is 12.9. The molecule has 5 nitrogen and oxygen atoms in total. The van der Waals surface area contributed by atoms with Crippen LogP contribution in [0.2, 0.25) is 0 Å². The zero-order valence-corrected chi connectivity index (χ0v) is 13.8. The minimum atomic E-state index is -0.320. The van der Waals surface area contributed by atoms with Crippen LogP contribution in [-0.4, -0.2) is 49.2 Å². The normalized spacial score (nSPS) is 28.1. The first-order chi connectivity index (χ1) is 11.2. The Bertz CT molecular complexity index is 532. The van der Waals surface area contributed by atoms with Gasteiger partial charge in [0.1, 0.15) is 6.10 Å². The summed E-state index contributed by atoms with van der Waals surface area (Å²) in [6.07, 6.45) is 2.41. The van der Waals surface area contributed by atoms with Crippen LogP contribution in [0.15, 0.2) is 24.3 Å². The van der Waals surface area contributed by atoms with Gasteiger partial charge >= 0.3 is 0 Å². The summed E-state index contributed by atoms with van der Waals surface area (Å²) in [4.78, 5) is 14.9. The topological polar surface area (TPSA) is 67.6 Å². The lowest BCUT2D eigenvalue weighted by atomic mass is 10.00. The van der Waals surface area contributed by atoms with Gasteiger partial charge in [0.15, 0.2) is 0 Å². The Kier molecular flexibility index (Phi) is 5.30. The van der Waals surface area contributed by atoms with E-state index in [1.165, 1.54) is 11.1 Å². The number of rotatable bonds is 4. The molecule has 3 rings (SSSR count). The number of piperazine rings is 1. The van der Waals surface area contributed by atoms with E-state index in [4.69, 9.17) is 10.5 Å². The Morgan fingerprint density at radius 2 is 2.13 bits per heavy atom. The van der Waals surface area contributed by atoms with E-state index in [9.17, 15) is 4.79 Å². The average Bonchev–Trinajstić information content (AvgIpc) is 3.10. The molecule has 2 fully saturated rings. The van der Waals surface area contributed by atoms with E-state index >= 15 is 0 Å². The van der Waals surface area contributed by atoms with E-state index < -0.39 is 0 Å².